The number of hydrogen-bond donors (Lipinski definition) is 0. The summed E-state index contributed by atoms with van der Waals surface area (Å²) in [5, 5.41) is 0. The van der Waals surface area contributed by atoms with Gasteiger partial charge in [-0.05, 0) is 0 Å². The van der Waals surface area contributed by atoms with Crippen LogP contribution >= 0.6 is 0 Å². The van der Waals surface area contributed by atoms with Gasteiger partial charge in [0.15, 0.2) is 0 Å². The molecule has 0 saturated carbocycles. The van der Waals surface area contributed by atoms with Crippen LogP contribution in [0.5, 0.6) is 0 Å². The molecule has 0 unspecified atom stereocenters. The molecule has 0 fully saturated rings. The highest BCUT2D eigenvalue weighted by Gasteiger charge is 1.98. The van der Waals surface area contributed by atoms with Crippen molar-refractivity contribution in [1.29, 1.82) is 0 Å². The van der Waals surface area contributed by atoms with E-state index in [1.807, 2.05) is 0 Å². The highest BCUT2D eigenvalue weighted by molar-refractivity contribution is 4.63. The van der Waals surface area contributed by atoms with Crippen LogP contribution < -0.4 is 0 Å². The number of halogens is 2. The lowest BCUT2D eigenvalue weighted by Gasteiger charge is -1.96. The number of alkyl halides is 2. The van der Waals surface area contributed by atoms with Gasteiger partial charge >= 0.3 is 0 Å². The van der Waals surface area contributed by atoms with Gasteiger partial charge in [-0.3, -0.25) is 0 Å². The van der Waals surface area contributed by atoms with Crippen molar-refractivity contribution >= 4 is 0 Å². The Hall–Kier alpha value is -0.440. The van der Waals surface area contributed by atoms with E-state index < -0.39 is 13.0 Å². The van der Waals surface area contributed by atoms with Gasteiger partial charge in [-0.15, -0.1) is 6.58 Å². The Morgan fingerprint density at radius 1 is 1.62 bits per heavy atom. The van der Waals surface area contributed by atoms with Gasteiger partial charge in [-0.25, -0.2) is 8.78 Å². The molecule has 0 aliphatic carbocycles. The SMILES string of the molecule is C=CCOCC(F)F. The van der Waals surface area contributed by atoms with E-state index in [-0.39, 0.29) is 6.61 Å². The van der Waals surface area contributed by atoms with Gasteiger partial charge in [0.2, 0.25) is 0 Å². The van der Waals surface area contributed by atoms with Crippen LogP contribution in [0.2, 0.25) is 0 Å². The molecule has 8 heavy (non-hydrogen) atoms. The van der Waals surface area contributed by atoms with E-state index >= 15 is 0 Å². The second-order valence-corrected chi connectivity index (χ2v) is 1.22. The van der Waals surface area contributed by atoms with E-state index in [0.717, 1.165) is 0 Å². The fraction of sp³-hybridized carbons (Fsp3) is 0.600. The summed E-state index contributed by atoms with van der Waals surface area (Å²) in [6.45, 7) is 2.99. The third-order valence-electron chi connectivity index (χ3n) is 0.480. The Labute approximate surface area is 47.0 Å². The minimum absolute atomic E-state index is 0.199. The smallest absolute Gasteiger partial charge is 0.261 e. The molecule has 1 nitrogen and oxygen atoms in total. The van der Waals surface area contributed by atoms with Crippen LogP contribution in [0.4, 0.5) is 8.78 Å². The minimum Gasteiger partial charge on any atom is -0.371 e. The van der Waals surface area contributed by atoms with Crippen LogP contribution in [0.25, 0.3) is 0 Å². The van der Waals surface area contributed by atoms with E-state index in [1.54, 1.807) is 0 Å². The maximum absolute atomic E-state index is 11.2. The first-order chi connectivity index (χ1) is 3.77. The van der Waals surface area contributed by atoms with E-state index in [4.69, 9.17) is 0 Å². The van der Waals surface area contributed by atoms with E-state index in [2.05, 4.69) is 11.3 Å². The molecule has 0 aliphatic rings. The Bertz CT molecular complexity index is 63.4. The molecule has 48 valence electrons. The molecule has 0 N–H and O–H groups in total. The first kappa shape index (κ1) is 7.56. The maximum Gasteiger partial charge on any atom is 0.261 e. The van der Waals surface area contributed by atoms with Gasteiger partial charge in [-0.1, -0.05) is 6.08 Å². The summed E-state index contributed by atoms with van der Waals surface area (Å²) in [5.41, 5.74) is 0. The van der Waals surface area contributed by atoms with Gasteiger partial charge in [0, 0.05) is 0 Å². The summed E-state index contributed by atoms with van der Waals surface area (Å²) in [6, 6.07) is 0. The van der Waals surface area contributed by atoms with Crippen molar-refractivity contribution in [1.82, 2.24) is 0 Å². The Morgan fingerprint density at radius 2 is 2.25 bits per heavy atom. The third-order valence-corrected chi connectivity index (χ3v) is 0.480. The summed E-state index contributed by atoms with van der Waals surface area (Å²) < 4.78 is 26.8. The van der Waals surface area contributed by atoms with E-state index in [9.17, 15) is 8.78 Å². The molecule has 0 aromatic carbocycles. The lowest BCUT2D eigenvalue weighted by atomic mass is 10.7. The summed E-state index contributed by atoms with van der Waals surface area (Å²) in [6.07, 6.45) is -0.933. The summed E-state index contributed by atoms with van der Waals surface area (Å²) in [5.74, 6) is 0. The molecular formula is C5H8F2O. The van der Waals surface area contributed by atoms with Gasteiger partial charge in [0.1, 0.15) is 6.61 Å². The lowest BCUT2D eigenvalue weighted by molar-refractivity contribution is 0.0287. The predicted octanol–water partition coefficient (Wildman–Crippen LogP) is 1.45. The van der Waals surface area contributed by atoms with Crippen molar-refractivity contribution in [3.05, 3.63) is 12.7 Å². The zero-order valence-electron chi connectivity index (χ0n) is 4.44. The average molecular weight is 122 g/mol. The highest BCUT2D eigenvalue weighted by Crippen LogP contribution is 1.91. The fourth-order valence-electron chi connectivity index (χ4n) is 0.240. The fourth-order valence-corrected chi connectivity index (χ4v) is 0.240. The van der Waals surface area contributed by atoms with Crippen LogP contribution in [0, 0.1) is 0 Å². The molecule has 0 bridgehead atoms. The molecular weight excluding hydrogens is 114 g/mol. The van der Waals surface area contributed by atoms with E-state index in [0.29, 0.717) is 0 Å². The molecule has 0 aromatic rings. The largest absolute Gasteiger partial charge is 0.371 e. The molecule has 0 atom stereocenters. The Morgan fingerprint density at radius 3 is 2.62 bits per heavy atom. The Balaban J connectivity index is 2.81. The van der Waals surface area contributed by atoms with Crippen molar-refractivity contribution in [2.45, 2.75) is 6.43 Å². The summed E-state index contributed by atoms with van der Waals surface area (Å²) >= 11 is 0. The minimum atomic E-state index is -2.37. The number of rotatable bonds is 4. The standard InChI is InChI=1S/C5H8F2O/c1-2-3-8-4-5(6)7/h2,5H,1,3-4H2. The molecule has 0 aliphatic heterocycles. The van der Waals surface area contributed by atoms with Crippen LogP contribution in [0.15, 0.2) is 12.7 Å². The second kappa shape index (κ2) is 4.71. The normalized spacial score (nSPS) is 9.88. The van der Waals surface area contributed by atoms with Crippen LogP contribution in [0.3, 0.4) is 0 Å². The van der Waals surface area contributed by atoms with Crippen molar-refractivity contribution in [2.24, 2.45) is 0 Å². The maximum atomic E-state index is 11.2. The highest BCUT2D eigenvalue weighted by atomic mass is 19.3. The molecule has 3 heteroatoms. The monoisotopic (exact) mass is 122 g/mol. The molecule has 0 heterocycles. The number of hydrogen-bond acceptors (Lipinski definition) is 1. The molecule has 0 amide bonds. The lowest BCUT2D eigenvalue weighted by Crippen LogP contribution is -2.03. The Kier molecular flexibility index (Phi) is 4.45. The van der Waals surface area contributed by atoms with Crippen molar-refractivity contribution in [3.8, 4) is 0 Å². The topological polar surface area (TPSA) is 9.23 Å². The van der Waals surface area contributed by atoms with Crippen LogP contribution in [-0.4, -0.2) is 19.6 Å². The van der Waals surface area contributed by atoms with Gasteiger partial charge in [-0.2, -0.15) is 0 Å². The van der Waals surface area contributed by atoms with Crippen molar-refractivity contribution < 1.29 is 13.5 Å². The van der Waals surface area contributed by atoms with Crippen LogP contribution in [-0.2, 0) is 4.74 Å². The van der Waals surface area contributed by atoms with E-state index in [1.165, 1.54) is 6.08 Å². The average Bonchev–Trinajstić information content (AvgIpc) is 1.66. The quantitative estimate of drug-likeness (QED) is 0.405. The first-order valence-electron chi connectivity index (χ1n) is 2.24. The second-order valence-electron chi connectivity index (χ2n) is 1.22. The first-order valence-corrected chi connectivity index (χ1v) is 2.24. The molecule has 0 rings (SSSR count). The van der Waals surface area contributed by atoms with Crippen molar-refractivity contribution in [2.75, 3.05) is 13.2 Å². The summed E-state index contributed by atoms with van der Waals surface area (Å²) in [7, 11) is 0. The summed E-state index contributed by atoms with van der Waals surface area (Å²) in [4.78, 5) is 0. The third kappa shape index (κ3) is 5.56. The van der Waals surface area contributed by atoms with Gasteiger partial charge < -0.3 is 4.74 Å². The zero-order valence-corrected chi connectivity index (χ0v) is 4.44. The molecule has 0 radical (unpaired) electrons. The molecule has 0 saturated heterocycles. The van der Waals surface area contributed by atoms with Gasteiger partial charge in [0.05, 0.1) is 6.61 Å². The zero-order chi connectivity index (χ0) is 6.41. The number of ether oxygens (including phenoxy) is 1. The molecule has 0 aromatic heterocycles. The predicted molar refractivity (Wildman–Crippen MR) is 27.0 cm³/mol. The van der Waals surface area contributed by atoms with Crippen molar-refractivity contribution in [3.63, 3.8) is 0 Å². The van der Waals surface area contributed by atoms with Crippen LogP contribution in [0.1, 0.15) is 0 Å². The van der Waals surface area contributed by atoms with Gasteiger partial charge in [0.25, 0.3) is 6.43 Å². The molecule has 0 spiro atoms.